The van der Waals surface area contributed by atoms with E-state index < -0.39 is 0 Å². The van der Waals surface area contributed by atoms with Crippen molar-refractivity contribution >= 4 is 34.2 Å². The zero-order valence-electron chi connectivity index (χ0n) is 19.2. The second-order valence-electron chi connectivity index (χ2n) is 8.47. The highest BCUT2D eigenvalue weighted by molar-refractivity contribution is 6.31. The number of carbonyl (C=O) groups excluding carboxylic acids is 1. The Morgan fingerprint density at radius 3 is 2.62 bits per heavy atom. The van der Waals surface area contributed by atoms with Crippen LogP contribution >= 0.6 is 11.6 Å². The molecule has 0 bridgehead atoms. The van der Waals surface area contributed by atoms with Crippen LogP contribution in [0.1, 0.15) is 23.7 Å². The number of anilines is 1. The summed E-state index contributed by atoms with van der Waals surface area (Å²) in [6.07, 6.45) is 0.411. The summed E-state index contributed by atoms with van der Waals surface area (Å²) in [5, 5.41) is 0.625. The molecule has 1 saturated heterocycles. The minimum absolute atomic E-state index is 0.0146. The van der Waals surface area contributed by atoms with Crippen molar-refractivity contribution in [1.29, 1.82) is 0 Å². The number of imidazole rings is 1. The van der Waals surface area contributed by atoms with Crippen molar-refractivity contribution < 1.29 is 14.3 Å². The molecule has 4 aromatic rings. The molecule has 1 aliphatic rings. The van der Waals surface area contributed by atoms with Gasteiger partial charge in [-0.3, -0.25) is 4.79 Å². The molecule has 0 spiro atoms. The quantitative estimate of drug-likeness (QED) is 0.349. The van der Waals surface area contributed by atoms with Gasteiger partial charge in [0.15, 0.2) is 0 Å². The van der Waals surface area contributed by atoms with Gasteiger partial charge < -0.3 is 18.9 Å². The fourth-order valence-corrected chi connectivity index (χ4v) is 4.72. The van der Waals surface area contributed by atoms with Crippen LogP contribution in [0.25, 0.3) is 11.0 Å². The van der Waals surface area contributed by atoms with Crippen LogP contribution in [-0.2, 0) is 11.3 Å². The fraction of sp³-hybridized carbons (Fsp3) is 0.259. The molecule has 174 valence electrons. The minimum atomic E-state index is -0.0146. The van der Waals surface area contributed by atoms with E-state index in [9.17, 15) is 4.79 Å². The number of ether oxygens (including phenoxy) is 2. The molecule has 6 nitrogen and oxygen atoms in total. The molecular formula is C27H26ClN3O3. The Hall–Kier alpha value is -3.51. The Morgan fingerprint density at radius 2 is 1.82 bits per heavy atom. The predicted molar refractivity (Wildman–Crippen MR) is 134 cm³/mol. The van der Waals surface area contributed by atoms with Crippen molar-refractivity contribution in [3.05, 3.63) is 83.1 Å². The van der Waals surface area contributed by atoms with Crippen molar-refractivity contribution in [2.75, 3.05) is 25.2 Å². The number of halogens is 1. The van der Waals surface area contributed by atoms with Gasteiger partial charge >= 0.3 is 0 Å². The van der Waals surface area contributed by atoms with Crippen LogP contribution in [-0.4, -0.2) is 35.7 Å². The Balaban J connectivity index is 1.39. The van der Waals surface area contributed by atoms with E-state index in [-0.39, 0.29) is 11.8 Å². The molecule has 0 radical (unpaired) electrons. The number of rotatable bonds is 7. The van der Waals surface area contributed by atoms with Gasteiger partial charge in [0.05, 0.1) is 24.7 Å². The van der Waals surface area contributed by atoms with Gasteiger partial charge in [0.1, 0.15) is 23.9 Å². The molecule has 1 aliphatic heterocycles. The van der Waals surface area contributed by atoms with Crippen LogP contribution < -0.4 is 14.4 Å². The molecule has 1 atom stereocenters. The number of carbonyl (C=O) groups is 1. The molecule has 3 aromatic carbocycles. The number of benzene rings is 3. The summed E-state index contributed by atoms with van der Waals surface area (Å²) in [4.78, 5) is 19.8. The van der Waals surface area contributed by atoms with Crippen LogP contribution in [0, 0.1) is 6.92 Å². The summed E-state index contributed by atoms with van der Waals surface area (Å²) in [5.74, 6) is 2.56. The summed E-state index contributed by atoms with van der Waals surface area (Å²) in [6.45, 7) is 3.68. The zero-order chi connectivity index (χ0) is 23.7. The normalized spacial score (nSPS) is 15.8. The smallest absolute Gasteiger partial charge is 0.227 e. The Labute approximate surface area is 203 Å². The average Bonchev–Trinajstić information content (AvgIpc) is 3.41. The first kappa shape index (κ1) is 22.3. The maximum Gasteiger partial charge on any atom is 0.227 e. The van der Waals surface area contributed by atoms with E-state index in [2.05, 4.69) is 10.6 Å². The van der Waals surface area contributed by atoms with Crippen molar-refractivity contribution in [3.63, 3.8) is 0 Å². The second kappa shape index (κ2) is 9.39. The number of aromatic nitrogens is 2. The minimum Gasteiger partial charge on any atom is -0.497 e. The number of nitrogens with zero attached hydrogens (tertiary/aromatic N) is 3. The first-order valence-electron chi connectivity index (χ1n) is 11.3. The number of para-hydroxylation sites is 2. The maximum absolute atomic E-state index is 13.0. The molecule has 5 rings (SSSR count). The molecule has 0 saturated carbocycles. The monoisotopic (exact) mass is 475 g/mol. The lowest BCUT2D eigenvalue weighted by Crippen LogP contribution is -2.25. The molecule has 1 amide bonds. The van der Waals surface area contributed by atoms with Gasteiger partial charge in [-0.2, -0.15) is 0 Å². The van der Waals surface area contributed by atoms with Crippen molar-refractivity contribution in [3.8, 4) is 11.5 Å². The third kappa shape index (κ3) is 4.33. The van der Waals surface area contributed by atoms with Gasteiger partial charge in [-0.25, -0.2) is 4.98 Å². The third-order valence-electron chi connectivity index (χ3n) is 6.28. The fourth-order valence-electron chi connectivity index (χ4n) is 4.55. The molecular weight excluding hydrogens is 450 g/mol. The lowest BCUT2D eigenvalue weighted by Gasteiger charge is -2.20. The van der Waals surface area contributed by atoms with E-state index >= 15 is 0 Å². The number of aryl methyl sites for hydroxylation is 1. The highest BCUT2D eigenvalue weighted by atomic mass is 35.5. The van der Waals surface area contributed by atoms with Crippen LogP contribution in [0.15, 0.2) is 66.7 Å². The molecule has 1 fully saturated rings. The van der Waals surface area contributed by atoms with Crippen LogP contribution in [0.5, 0.6) is 11.5 Å². The maximum atomic E-state index is 13.0. The predicted octanol–water partition coefficient (Wildman–Crippen LogP) is 5.61. The molecule has 1 aromatic heterocycles. The van der Waals surface area contributed by atoms with E-state index in [0.29, 0.717) is 31.1 Å². The van der Waals surface area contributed by atoms with Crippen LogP contribution in [0.4, 0.5) is 5.69 Å². The number of hydrogen-bond donors (Lipinski definition) is 0. The molecule has 7 heteroatoms. The van der Waals surface area contributed by atoms with Gasteiger partial charge in [0.2, 0.25) is 5.91 Å². The van der Waals surface area contributed by atoms with Gasteiger partial charge in [-0.05, 0) is 61.0 Å². The highest BCUT2D eigenvalue weighted by Crippen LogP contribution is 2.35. The lowest BCUT2D eigenvalue weighted by molar-refractivity contribution is -0.117. The number of hydrogen-bond acceptors (Lipinski definition) is 4. The summed E-state index contributed by atoms with van der Waals surface area (Å²) in [6, 6.07) is 21.3. The van der Waals surface area contributed by atoms with E-state index in [1.54, 1.807) is 7.11 Å². The van der Waals surface area contributed by atoms with E-state index in [1.165, 1.54) is 0 Å². The zero-order valence-corrected chi connectivity index (χ0v) is 20.0. The summed E-state index contributed by atoms with van der Waals surface area (Å²) >= 11 is 6.22. The summed E-state index contributed by atoms with van der Waals surface area (Å²) in [7, 11) is 1.64. The van der Waals surface area contributed by atoms with E-state index in [4.69, 9.17) is 26.1 Å². The van der Waals surface area contributed by atoms with Gasteiger partial charge in [0.25, 0.3) is 0 Å². The Bertz CT molecular complexity index is 1330. The first-order chi connectivity index (χ1) is 16.5. The highest BCUT2D eigenvalue weighted by Gasteiger charge is 2.35. The van der Waals surface area contributed by atoms with Gasteiger partial charge in [-0.1, -0.05) is 29.8 Å². The van der Waals surface area contributed by atoms with Crippen molar-refractivity contribution in [1.82, 2.24) is 9.55 Å². The topological polar surface area (TPSA) is 56.6 Å². The number of methoxy groups -OCH3 is 1. The van der Waals surface area contributed by atoms with Gasteiger partial charge in [0, 0.05) is 29.6 Å². The van der Waals surface area contributed by atoms with Gasteiger partial charge in [-0.15, -0.1) is 0 Å². The third-order valence-corrected chi connectivity index (χ3v) is 6.51. The molecule has 0 N–H and O–H groups in total. The molecule has 34 heavy (non-hydrogen) atoms. The van der Waals surface area contributed by atoms with Crippen LogP contribution in [0.2, 0.25) is 5.02 Å². The van der Waals surface area contributed by atoms with Crippen molar-refractivity contribution in [2.45, 2.75) is 25.8 Å². The Kier molecular flexibility index (Phi) is 6.16. The first-order valence-corrected chi connectivity index (χ1v) is 11.7. The average molecular weight is 476 g/mol. The summed E-state index contributed by atoms with van der Waals surface area (Å²) in [5.41, 5.74) is 3.86. The van der Waals surface area contributed by atoms with Crippen LogP contribution in [0.3, 0.4) is 0 Å². The SMILES string of the molecule is COc1ccc(OCCn2c(C3CC(=O)N(c4cc(Cl)ccc4C)C3)nc3ccccc32)cc1. The molecule has 0 aliphatic carbocycles. The van der Waals surface area contributed by atoms with Crippen molar-refractivity contribution in [2.24, 2.45) is 0 Å². The standard InChI is InChI=1S/C27H26ClN3O3/c1-18-7-8-20(28)16-25(18)31-17-19(15-26(31)32)27-29-23-5-3-4-6-24(23)30(27)13-14-34-22-11-9-21(33-2)10-12-22/h3-12,16,19H,13-15,17H2,1-2H3. The lowest BCUT2D eigenvalue weighted by atomic mass is 10.1. The number of amides is 1. The van der Waals surface area contributed by atoms with E-state index in [1.807, 2.05) is 72.5 Å². The summed E-state index contributed by atoms with van der Waals surface area (Å²) < 4.78 is 13.4. The van der Waals surface area contributed by atoms with E-state index in [0.717, 1.165) is 39.6 Å². The second-order valence-corrected chi connectivity index (χ2v) is 8.91. The molecule has 1 unspecified atom stereocenters. The largest absolute Gasteiger partial charge is 0.497 e. The Morgan fingerprint density at radius 1 is 1.06 bits per heavy atom. The molecule has 2 heterocycles. The number of fused-ring (bicyclic) bond motifs is 1.